The van der Waals surface area contributed by atoms with E-state index in [9.17, 15) is 9.59 Å². The highest BCUT2D eigenvalue weighted by atomic mass is 16.2. The van der Waals surface area contributed by atoms with Crippen LogP contribution in [-0.4, -0.2) is 43.9 Å². The van der Waals surface area contributed by atoms with Crippen molar-refractivity contribution in [3.8, 4) is 0 Å². The molecule has 2 amide bonds. The van der Waals surface area contributed by atoms with E-state index < -0.39 is 0 Å². The Labute approximate surface area is 125 Å². The minimum atomic E-state index is -0.207. The van der Waals surface area contributed by atoms with Gasteiger partial charge < -0.3 is 15.5 Å². The summed E-state index contributed by atoms with van der Waals surface area (Å²) in [6.07, 6.45) is 0.786. The van der Waals surface area contributed by atoms with E-state index in [4.69, 9.17) is 0 Å². The van der Waals surface area contributed by atoms with Crippen LogP contribution in [0.2, 0.25) is 0 Å². The average molecular weight is 289 g/mol. The van der Waals surface area contributed by atoms with Gasteiger partial charge in [0.2, 0.25) is 11.8 Å². The number of carbonyl (C=O) groups excluding carboxylic acids is 2. The molecule has 1 aromatic carbocycles. The molecule has 0 saturated carbocycles. The highest BCUT2D eigenvalue weighted by molar-refractivity contribution is 5.87. The lowest BCUT2D eigenvalue weighted by atomic mass is 9.89. The van der Waals surface area contributed by atoms with Crippen molar-refractivity contribution < 1.29 is 9.59 Å². The summed E-state index contributed by atoms with van der Waals surface area (Å²) in [5, 5.41) is 5.94. The van der Waals surface area contributed by atoms with Crippen molar-refractivity contribution >= 4 is 17.5 Å². The summed E-state index contributed by atoms with van der Waals surface area (Å²) in [6, 6.07) is 7.93. The van der Waals surface area contributed by atoms with Gasteiger partial charge in [-0.25, -0.2) is 0 Å². The van der Waals surface area contributed by atoms with Crippen molar-refractivity contribution in [3.63, 3.8) is 0 Å². The molecule has 1 heterocycles. The second kappa shape index (κ2) is 6.61. The fraction of sp³-hybridized carbons (Fsp3) is 0.500. The molecule has 2 unspecified atom stereocenters. The number of anilines is 1. The van der Waals surface area contributed by atoms with Crippen LogP contribution in [0.4, 0.5) is 5.69 Å². The van der Waals surface area contributed by atoms with Gasteiger partial charge in [-0.15, -0.1) is 0 Å². The van der Waals surface area contributed by atoms with Crippen LogP contribution in [0.3, 0.4) is 0 Å². The van der Waals surface area contributed by atoms with E-state index in [1.54, 1.807) is 19.0 Å². The van der Waals surface area contributed by atoms with E-state index in [-0.39, 0.29) is 23.7 Å². The van der Waals surface area contributed by atoms with Gasteiger partial charge in [0, 0.05) is 32.9 Å². The molecule has 1 aliphatic rings. The highest BCUT2D eigenvalue weighted by Crippen LogP contribution is 2.32. The third-order valence-electron chi connectivity index (χ3n) is 4.00. The number of nitrogens with zero attached hydrogens (tertiary/aromatic N) is 1. The lowest BCUT2D eigenvalue weighted by molar-refractivity contribution is -0.133. The first-order valence-electron chi connectivity index (χ1n) is 7.34. The maximum Gasteiger partial charge on any atom is 0.230 e. The zero-order valence-electron chi connectivity index (χ0n) is 12.8. The standard InChI is InChI=1S/C16H23N3O2/c1-11(15(20)17-2)10-19(3)16(21)13-8-9-18-14-7-5-4-6-12(13)14/h4-7,11,13,18H,8-10H2,1-3H3,(H,17,20). The Hall–Kier alpha value is -2.04. The quantitative estimate of drug-likeness (QED) is 0.881. The Kier molecular flexibility index (Phi) is 4.83. The molecule has 0 aromatic heterocycles. The zero-order valence-corrected chi connectivity index (χ0v) is 12.8. The minimum Gasteiger partial charge on any atom is -0.385 e. The summed E-state index contributed by atoms with van der Waals surface area (Å²) in [7, 11) is 3.39. The summed E-state index contributed by atoms with van der Waals surface area (Å²) >= 11 is 0. The maximum absolute atomic E-state index is 12.7. The van der Waals surface area contributed by atoms with Gasteiger partial charge in [0.05, 0.1) is 11.8 Å². The largest absolute Gasteiger partial charge is 0.385 e. The first kappa shape index (κ1) is 15.4. The number of amides is 2. The molecule has 21 heavy (non-hydrogen) atoms. The molecule has 0 saturated heterocycles. The normalized spacial score (nSPS) is 18.1. The predicted octanol–water partition coefficient (Wildman–Crippen LogP) is 1.43. The Morgan fingerprint density at radius 3 is 2.86 bits per heavy atom. The molecule has 0 fully saturated rings. The van der Waals surface area contributed by atoms with Gasteiger partial charge in [-0.3, -0.25) is 9.59 Å². The topological polar surface area (TPSA) is 61.4 Å². The molecule has 5 nitrogen and oxygen atoms in total. The van der Waals surface area contributed by atoms with Crippen LogP contribution < -0.4 is 10.6 Å². The number of fused-ring (bicyclic) bond motifs is 1. The second-order valence-electron chi connectivity index (χ2n) is 5.59. The Morgan fingerprint density at radius 1 is 1.43 bits per heavy atom. The number of para-hydroxylation sites is 1. The van der Waals surface area contributed by atoms with E-state index >= 15 is 0 Å². The average Bonchev–Trinajstić information content (AvgIpc) is 2.52. The molecule has 0 aliphatic carbocycles. The van der Waals surface area contributed by atoms with E-state index in [0.717, 1.165) is 24.2 Å². The number of carbonyl (C=O) groups is 2. The molecule has 1 aromatic rings. The summed E-state index contributed by atoms with van der Waals surface area (Å²) in [5.74, 6) is -0.287. The zero-order chi connectivity index (χ0) is 15.4. The fourth-order valence-corrected chi connectivity index (χ4v) is 2.82. The number of likely N-dealkylation sites (N-methyl/N-ethyl adjacent to an activating group) is 1. The molecule has 0 spiro atoms. The summed E-state index contributed by atoms with van der Waals surface area (Å²) in [5.41, 5.74) is 2.09. The van der Waals surface area contributed by atoms with Crippen LogP contribution >= 0.6 is 0 Å². The van der Waals surface area contributed by atoms with Gasteiger partial charge in [0.15, 0.2) is 0 Å². The van der Waals surface area contributed by atoms with Gasteiger partial charge in [-0.2, -0.15) is 0 Å². The van der Waals surface area contributed by atoms with Crippen molar-refractivity contribution in [2.75, 3.05) is 32.5 Å². The van der Waals surface area contributed by atoms with Gasteiger partial charge in [-0.05, 0) is 18.1 Å². The van der Waals surface area contributed by atoms with Gasteiger partial charge >= 0.3 is 0 Å². The number of rotatable bonds is 4. The van der Waals surface area contributed by atoms with E-state index in [2.05, 4.69) is 10.6 Å². The fourth-order valence-electron chi connectivity index (χ4n) is 2.82. The highest BCUT2D eigenvalue weighted by Gasteiger charge is 2.29. The van der Waals surface area contributed by atoms with Crippen LogP contribution in [0.25, 0.3) is 0 Å². The third-order valence-corrected chi connectivity index (χ3v) is 4.00. The number of hydrogen-bond acceptors (Lipinski definition) is 3. The molecule has 2 rings (SSSR count). The maximum atomic E-state index is 12.7. The molecule has 2 atom stereocenters. The summed E-state index contributed by atoms with van der Waals surface area (Å²) in [6.45, 7) is 3.07. The lowest BCUT2D eigenvalue weighted by Crippen LogP contribution is -2.40. The Bertz CT molecular complexity index is 530. The molecule has 0 radical (unpaired) electrons. The van der Waals surface area contributed by atoms with Crippen LogP contribution in [0, 0.1) is 5.92 Å². The van der Waals surface area contributed by atoms with Gasteiger partial charge in [0.25, 0.3) is 0 Å². The Balaban J connectivity index is 2.08. The van der Waals surface area contributed by atoms with Gasteiger partial charge in [-0.1, -0.05) is 25.1 Å². The lowest BCUT2D eigenvalue weighted by Gasteiger charge is -2.30. The first-order chi connectivity index (χ1) is 10.0. The van der Waals surface area contributed by atoms with Crippen molar-refractivity contribution in [3.05, 3.63) is 29.8 Å². The monoisotopic (exact) mass is 289 g/mol. The van der Waals surface area contributed by atoms with Crippen LogP contribution in [-0.2, 0) is 9.59 Å². The van der Waals surface area contributed by atoms with E-state index in [1.165, 1.54) is 0 Å². The smallest absolute Gasteiger partial charge is 0.230 e. The molecule has 114 valence electrons. The van der Waals surface area contributed by atoms with Crippen LogP contribution in [0.5, 0.6) is 0 Å². The molecule has 1 aliphatic heterocycles. The number of benzene rings is 1. The van der Waals surface area contributed by atoms with Crippen molar-refractivity contribution in [2.24, 2.45) is 5.92 Å². The molecule has 2 N–H and O–H groups in total. The molecular weight excluding hydrogens is 266 g/mol. The predicted molar refractivity (Wildman–Crippen MR) is 83.2 cm³/mol. The minimum absolute atomic E-state index is 0.0413. The molecule has 5 heteroatoms. The Morgan fingerprint density at radius 2 is 2.14 bits per heavy atom. The molecular formula is C16H23N3O2. The summed E-state index contributed by atoms with van der Waals surface area (Å²) in [4.78, 5) is 25.9. The van der Waals surface area contributed by atoms with Crippen molar-refractivity contribution in [1.29, 1.82) is 0 Å². The van der Waals surface area contributed by atoms with Crippen molar-refractivity contribution in [1.82, 2.24) is 10.2 Å². The van der Waals surface area contributed by atoms with Crippen molar-refractivity contribution in [2.45, 2.75) is 19.3 Å². The number of hydrogen-bond donors (Lipinski definition) is 2. The van der Waals surface area contributed by atoms with E-state index in [1.807, 2.05) is 31.2 Å². The molecule has 0 bridgehead atoms. The summed E-state index contributed by atoms with van der Waals surface area (Å²) < 4.78 is 0. The van der Waals surface area contributed by atoms with Crippen LogP contribution in [0.15, 0.2) is 24.3 Å². The van der Waals surface area contributed by atoms with Gasteiger partial charge in [0.1, 0.15) is 0 Å². The number of nitrogens with one attached hydrogen (secondary N) is 2. The van der Waals surface area contributed by atoms with Crippen LogP contribution in [0.1, 0.15) is 24.8 Å². The SMILES string of the molecule is CNC(=O)C(C)CN(C)C(=O)C1CCNc2ccccc21. The first-order valence-corrected chi connectivity index (χ1v) is 7.34. The van der Waals surface area contributed by atoms with E-state index in [0.29, 0.717) is 6.54 Å². The third kappa shape index (κ3) is 3.35. The second-order valence-corrected chi connectivity index (χ2v) is 5.59.